The van der Waals surface area contributed by atoms with Crippen LogP contribution in [0.25, 0.3) is 0 Å². The lowest BCUT2D eigenvalue weighted by molar-refractivity contribution is -0.148. The van der Waals surface area contributed by atoms with Crippen LogP contribution in [0.3, 0.4) is 0 Å². The van der Waals surface area contributed by atoms with E-state index >= 15 is 0 Å². The monoisotopic (exact) mass is 274 g/mol. The van der Waals surface area contributed by atoms with Crippen LogP contribution in [0, 0.1) is 0 Å². The number of fused-ring (bicyclic) bond motifs is 3. The molecule has 0 amide bonds. The van der Waals surface area contributed by atoms with E-state index in [4.69, 9.17) is 4.74 Å². The van der Waals surface area contributed by atoms with Gasteiger partial charge >= 0.3 is 5.97 Å². The van der Waals surface area contributed by atoms with E-state index in [0.717, 1.165) is 18.9 Å². The lowest BCUT2D eigenvalue weighted by atomic mass is 9.75. The zero-order valence-corrected chi connectivity index (χ0v) is 11.8. The molecular weight excluding hydrogens is 252 g/mol. The number of hydrogen-bond acceptors (Lipinski definition) is 4. The van der Waals surface area contributed by atoms with Crippen LogP contribution in [-0.2, 0) is 9.53 Å². The second kappa shape index (κ2) is 3.86. The highest BCUT2D eigenvalue weighted by atomic mass is 16.6. The first-order valence-corrected chi connectivity index (χ1v) is 8.22. The highest BCUT2D eigenvalue weighted by molar-refractivity contribution is 5.87. The Hall–Kier alpha value is -0.870. The highest BCUT2D eigenvalue weighted by Gasteiger charge is 2.63. The first kappa shape index (κ1) is 11.8. The minimum atomic E-state index is -0.246. The van der Waals surface area contributed by atoms with Crippen molar-refractivity contribution in [3.63, 3.8) is 0 Å². The van der Waals surface area contributed by atoms with Gasteiger partial charge in [0.1, 0.15) is 0 Å². The van der Waals surface area contributed by atoms with Gasteiger partial charge in [0.25, 0.3) is 0 Å². The van der Waals surface area contributed by atoms with E-state index in [-0.39, 0.29) is 11.6 Å². The second-order valence-corrected chi connectivity index (χ2v) is 7.25. The number of hydrogen-bond donors (Lipinski definition) is 1. The average Bonchev–Trinajstić information content (AvgIpc) is 3.13. The van der Waals surface area contributed by atoms with Crippen LogP contribution in [-0.4, -0.2) is 47.2 Å². The minimum absolute atomic E-state index is 0.0988. The fourth-order valence-electron chi connectivity index (χ4n) is 5.11. The van der Waals surface area contributed by atoms with Crippen molar-refractivity contribution in [3.05, 3.63) is 11.6 Å². The quantitative estimate of drug-likeness (QED) is 0.772. The van der Waals surface area contributed by atoms with Crippen molar-refractivity contribution in [2.45, 2.75) is 74.7 Å². The van der Waals surface area contributed by atoms with Crippen LogP contribution in [0.1, 0.15) is 44.9 Å². The van der Waals surface area contributed by atoms with Crippen molar-refractivity contribution in [3.8, 4) is 0 Å². The number of piperidine rings is 1. The molecule has 3 aliphatic heterocycles. The number of carbonyl (C=O) groups is 1. The topological polar surface area (TPSA) is 41.6 Å². The van der Waals surface area contributed by atoms with Crippen molar-refractivity contribution < 1.29 is 9.53 Å². The van der Waals surface area contributed by atoms with E-state index < -0.39 is 0 Å². The van der Waals surface area contributed by atoms with Crippen LogP contribution in [0.5, 0.6) is 0 Å². The molecule has 2 saturated carbocycles. The molecule has 2 aliphatic carbocycles. The molecule has 108 valence electrons. The molecule has 2 bridgehead atoms. The first-order chi connectivity index (χ1) is 9.76. The number of rotatable bonds is 2. The molecule has 4 nitrogen and oxygen atoms in total. The standard InChI is InChI=1S/C16H22N2O2/c19-15-8-10-7-12(17-11-4-5-11)13-9-16(10,20-15)14-3-1-2-6-18(13)14/h8,11-14,17H,1-7,9H2. The van der Waals surface area contributed by atoms with Gasteiger partial charge in [0, 0.05) is 30.6 Å². The maximum atomic E-state index is 11.9. The fourth-order valence-corrected chi connectivity index (χ4v) is 5.11. The van der Waals surface area contributed by atoms with Crippen molar-refractivity contribution in [1.82, 2.24) is 10.2 Å². The number of nitrogens with one attached hydrogen (secondary N) is 1. The van der Waals surface area contributed by atoms with Gasteiger partial charge in [0.15, 0.2) is 5.60 Å². The molecule has 4 heteroatoms. The van der Waals surface area contributed by atoms with Crippen LogP contribution >= 0.6 is 0 Å². The van der Waals surface area contributed by atoms with Gasteiger partial charge in [-0.2, -0.15) is 0 Å². The maximum Gasteiger partial charge on any atom is 0.331 e. The Kier molecular flexibility index (Phi) is 2.27. The average molecular weight is 274 g/mol. The number of nitrogens with zero attached hydrogens (tertiary/aromatic N) is 1. The smallest absolute Gasteiger partial charge is 0.331 e. The highest BCUT2D eigenvalue weighted by Crippen LogP contribution is 2.54. The van der Waals surface area contributed by atoms with Crippen LogP contribution in [0.15, 0.2) is 11.6 Å². The van der Waals surface area contributed by atoms with E-state index in [1.807, 2.05) is 0 Å². The van der Waals surface area contributed by atoms with Crippen LogP contribution in [0.2, 0.25) is 0 Å². The summed E-state index contributed by atoms with van der Waals surface area (Å²) >= 11 is 0. The van der Waals surface area contributed by atoms with Gasteiger partial charge in [0.05, 0.1) is 6.04 Å². The third kappa shape index (κ3) is 1.47. The van der Waals surface area contributed by atoms with E-state index in [1.54, 1.807) is 6.08 Å². The van der Waals surface area contributed by atoms with Crippen molar-refractivity contribution in [2.75, 3.05) is 6.54 Å². The van der Waals surface area contributed by atoms with E-state index in [1.165, 1.54) is 44.2 Å². The molecule has 20 heavy (non-hydrogen) atoms. The number of esters is 1. The van der Waals surface area contributed by atoms with Crippen molar-refractivity contribution >= 4 is 5.97 Å². The molecule has 4 fully saturated rings. The summed E-state index contributed by atoms with van der Waals surface area (Å²) in [6.45, 7) is 1.19. The molecule has 4 atom stereocenters. The molecule has 0 aromatic heterocycles. The van der Waals surface area contributed by atoms with Gasteiger partial charge in [-0.1, -0.05) is 6.42 Å². The molecule has 5 aliphatic rings. The normalized spacial score (nSPS) is 46.7. The van der Waals surface area contributed by atoms with Crippen LogP contribution in [0.4, 0.5) is 0 Å². The van der Waals surface area contributed by atoms with Gasteiger partial charge in [0.2, 0.25) is 0 Å². The van der Waals surface area contributed by atoms with Crippen LogP contribution < -0.4 is 5.32 Å². The predicted octanol–water partition coefficient (Wildman–Crippen LogP) is 1.36. The molecule has 0 aromatic carbocycles. The Morgan fingerprint density at radius 1 is 1.30 bits per heavy atom. The molecule has 0 aromatic rings. The zero-order valence-electron chi connectivity index (χ0n) is 11.8. The second-order valence-electron chi connectivity index (χ2n) is 7.25. The summed E-state index contributed by atoms with van der Waals surface area (Å²) in [5.41, 5.74) is 1.04. The summed E-state index contributed by atoms with van der Waals surface area (Å²) in [4.78, 5) is 14.5. The maximum absolute atomic E-state index is 11.9. The molecule has 1 spiro atoms. The van der Waals surface area contributed by atoms with Gasteiger partial charge in [-0.25, -0.2) is 4.79 Å². The third-order valence-electron chi connectivity index (χ3n) is 6.07. The zero-order chi connectivity index (χ0) is 13.3. The minimum Gasteiger partial charge on any atom is -0.450 e. The lowest BCUT2D eigenvalue weighted by Crippen LogP contribution is -2.50. The lowest BCUT2D eigenvalue weighted by Gasteiger charge is -2.38. The largest absolute Gasteiger partial charge is 0.450 e. The fraction of sp³-hybridized carbons (Fsp3) is 0.812. The van der Waals surface area contributed by atoms with E-state index in [2.05, 4.69) is 10.2 Å². The first-order valence-electron chi connectivity index (χ1n) is 8.22. The molecule has 0 radical (unpaired) electrons. The third-order valence-corrected chi connectivity index (χ3v) is 6.07. The summed E-state index contributed by atoms with van der Waals surface area (Å²) in [5.74, 6) is -0.0988. The summed E-state index contributed by atoms with van der Waals surface area (Å²) < 4.78 is 5.88. The van der Waals surface area contributed by atoms with E-state index in [9.17, 15) is 4.79 Å². The SMILES string of the molecule is O=C1C=C2CC(NC3CC3)C3CC2(O1)C1CCCCN31. The predicted molar refractivity (Wildman–Crippen MR) is 74.2 cm³/mol. The van der Waals surface area contributed by atoms with Gasteiger partial charge in [-0.3, -0.25) is 4.90 Å². The number of ether oxygens (including phenoxy) is 1. The molecule has 4 unspecified atom stereocenters. The van der Waals surface area contributed by atoms with Gasteiger partial charge in [-0.05, 0) is 44.2 Å². The van der Waals surface area contributed by atoms with E-state index in [0.29, 0.717) is 18.1 Å². The van der Waals surface area contributed by atoms with Gasteiger partial charge < -0.3 is 10.1 Å². The Morgan fingerprint density at radius 3 is 3.05 bits per heavy atom. The van der Waals surface area contributed by atoms with Crippen molar-refractivity contribution in [1.29, 1.82) is 0 Å². The Balaban J connectivity index is 1.54. The number of carbonyl (C=O) groups excluding carboxylic acids is 1. The summed E-state index contributed by atoms with van der Waals surface area (Å²) in [5, 5.41) is 3.83. The molecular formula is C16H22N2O2. The summed E-state index contributed by atoms with van der Waals surface area (Å²) in [6, 6.07) is 2.28. The summed E-state index contributed by atoms with van der Waals surface area (Å²) in [6.07, 6.45) is 10.3. The summed E-state index contributed by atoms with van der Waals surface area (Å²) in [7, 11) is 0. The molecule has 3 heterocycles. The molecule has 2 saturated heterocycles. The Bertz CT molecular complexity index is 499. The molecule has 5 rings (SSSR count). The Labute approximate surface area is 119 Å². The molecule has 1 N–H and O–H groups in total. The van der Waals surface area contributed by atoms with Gasteiger partial charge in [-0.15, -0.1) is 0 Å². The Morgan fingerprint density at radius 2 is 2.20 bits per heavy atom. The van der Waals surface area contributed by atoms with Crippen molar-refractivity contribution in [2.24, 2.45) is 0 Å².